The highest BCUT2D eigenvalue weighted by Crippen LogP contribution is 2.37. The minimum absolute atomic E-state index is 0.199. The molecule has 1 fully saturated rings. The predicted octanol–water partition coefficient (Wildman–Crippen LogP) is 6.45. The zero-order chi connectivity index (χ0) is 28.6. The van der Waals surface area contributed by atoms with Crippen molar-refractivity contribution in [2.24, 2.45) is 0 Å². The Bertz CT molecular complexity index is 1470. The van der Waals surface area contributed by atoms with Gasteiger partial charge < -0.3 is 19.5 Å². The van der Waals surface area contributed by atoms with Crippen LogP contribution in [0.25, 0.3) is 6.08 Å². The van der Waals surface area contributed by atoms with Crippen molar-refractivity contribution < 1.29 is 28.6 Å². The number of hydrogen-bond acceptors (Lipinski definition) is 7. The predicted molar refractivity (Wildman–Crippen MR) is 160 cm³/mol. The van der Waals surface area contributed by atoms with Crippen LogP contribution in [-0.4, -0.2) is 42.7 Å². The number of halogens is 1. The molecule has 0 saturated carbocycles. The summed E-state index contributed by atoms with van der Waals surface area (Å²) in [6, 6.07) is 18.3. The maximum atomic E-state index is 13.1. The summed E-state index contributed by atoms with van der Waals surface area (Å²) in [6.45, 7) is 3.76. The van der Waals surface area contributed by atoms with Gasteiger partial charge in [-0.05, 0) is 71.8 Å². The molecule has 0 bridgehead atoms. The number of para-hydroxylation sites is 2. The SMILES string of the molecule is C=CCc1cc(/C=C2\SC(=O)N(CC(=O)Nc3ccccc3OC)C2=O)cc(OC)c1OCc1ccc(Br)cc1. The van der Waals surface area contributed by atoms with Gasteiger partial charge in [0.1, 0.15) is 18.9 Å². The number of carbonyl (C=O) groups is 3. The van der Waals surface area contributed by atoms with E-state index in [0.29, 0.717) is 41.5 Å². The van der Waals surface area contributed by atoms with Crippen molar-refractivity contribution in [2.75, 3.05) is 26.1 Å². The quantitative estimate of drug-likeness (QED) is 0.194. The van der Waals surface area contributed by atoms with Gasteiger partial charge >= 0.3 is 0 Å². The van der Waals surface area contributed by atoms with Crippen molar-refractivity contribution in [2.45, 2.75) is 13.0 Å². The molecule has 1 aliphatic rings. The van der Waals surface area contributed by atoms with E-state index in [4.69, 9.17) is 14.2 Å². The van der Waals surface area contributed by atoms with Crippen molar-refractivity contribution in [1.82, 2.24) is 4.90 Å². The zero-order valence-corrected chi connectivity index (χ0v) is 24.3. The molecule has 3 aromatic carbocycles. The standard InChI is InChI=1S/C30H27BrN2O6S/c1-4-7-21-14-20(15-25(38-3)28(21)39-18-19-10-12-22(31)13-11-19)16-26-29(35)33(30(36)40-26)17-27(34)32-23-8-5-6-9-24(23)37-2/h4-6,8-16H,1,7,17-18H2,2-3H3,(H,32,34)/b26-16-. The Morgan fingerprint density at radius 3 is 2.48 bits per heavy atom. The van der Waals surface area contributed by atoms with Crippen LogP contribution in [0, 0.1) is 0 Å². The van der Waals surface area contributed by atoms with Crippen LogP contribution in [0.5, 0.6) is 17.2 Å². The number of carbonyl (C=O) groups excluding carboxylic acids is 3. The zero-order valence-electron chi connectivity index (χ0n) is 21.9. The summed E-state index contributed by atoms with van der Waals surface area (Å²) in [5.74, 6) is 0.459. The Morgan fingerprint density at radius 1 is 1.05 bits per heavy atom. The van der Waals surface area contributed by atoms with Gasteiger partial charge in [0.25, 0.3) is 11.1 Å². The fraction of sp³-hybridized carbons (Fsp3) is 0.167. The van der Waals surface area contributed by atoms with Crippen molar-refractivity contribution >= 4 is 56.5 Å². The fourth-order valence-electron chi connectivity index (χ4n) is 3.99. The van der Waals surface area contributed by atoms with Crippen molar-refractivity contribution in [3.8, 4) is 17.2 Å². The maximum absolute atomic E-state index is 13.1. The first kappa shape index (κ1) is 29.0. The van der Waals surface area contributed by atoms with Crippen LogP contribution < -0.4 is 19.5 Å². The molecule has 0 atom stereocenters. The van der Waals surface area contributed by atoms with Crippen molar-refractivity contribution in [3.05, 3.63) is 99.4 Å². The number of rotatable bonds is 11. The van der Waals surface area contributed by atoms with Crippen LogP contribution >= 0.6 is 27.7 Å². The molecule has 0 spiro atoms. The Kier molecular flexibility index (Phi) is 9.68. The lowest BCUT2D eigenvalue weighted by molar-refractivity contribution is -0.127. The Labute approximate surface area is 245 Å². The molecule has 3 amide bonds. The number of thioether (sulfide) groups is 1. The van der Waals surface area contributed by atoms with Gasteiger partial charge in [0, 0.05) is 10.0 Å². The monoisotopic (exact) mass is 622 g/mol. The number of methoxy groups -OCH3 is 2. The highest BCUT2D eigenvalue weighted by molar-refractivity contribution is 9.10. The summed E-state index contributed by atoms with van der Waals surface area (Å²) in [4.78, 5) is 39.5. The minimum atomic E-state index is -0.551. The molecule has 3 aromatic rings. The van der Waals surface area contributed by atoms with E-state index >= 15 is 0 Å². The molecule has 4 rings (SSSR count). The number of allylic oxidation sites excluding steroid dienone is 1. The average molecular weight is 624 g/mol. The van der Waals surface area contributed by atoms with E-state index in [1.54, 1.807) is 42.5 Å². The summed E-state index contributed by atoms with van der Waals surface area (Å²) in [5, 5.41) is 2.15. The van der Waals surface area contributed by atoms with Gasteiger partial charge in [-0.25, -0.2) is 0 Å². The summed E-state index contributed by atoms with van der Waals surface area (Å²) < 4.78 is 18.0. The van der Waals surface area contributed by atoms with Crippen LogP contribution in [0.4, 0.5) is 10.5 Å². The molecular formula is C30H27BrN2O6S. The number of ether oxygens (including phenoxy) is 3. The van der Waals surface area contributed by atoms with Crippen molar-refractivity contribution in [3.63, 3.8) is 0 Å². The maximum Gasteiger partial charge on any atom is 0.294 e. The fourth-order valence-corrected chi connectivity index (χ4v) is 5.10. The normalized spacial score (nSPS) is 13.9. The third-order valence-electron chi connectivity index (χ3n) is 5.89. The third-order valence-corrected chi connectivity index (χ3v) is 7.32. The van der Waals surface area contributed by atoms with E-state index < -0.39 is 23.6 Å². The van der Waals surface area contributed by atoms with Crippen LogP contribution in [0.1, 0.15) is 16.7 Å². The smallest absolute Gasteiger partial charge is 0.294 e. The Morgan fingerprint density at radius 2 is 1.77 bits per heavy atom. The van der Waals surface area contributed by atoms with E-state index in [-0.39, 0.29) is 4.91 Å². The van der Waals surface area contributed by atoms with E-state index in [1.807, 2.05) is 30.3 Å². The third kappa shape index (κ3) is 6.94. The van der Waals surface area contributed by atoms with Crippen LogP contribution in [-0.2, 0) is 22.6 Å². The molecule has 1 saturated heterocycles. The molecule has 0 radical (unpaired) electrons. The van der Waals surface area contributed by atoms with Gasteiger partial charge in [0.15, 0.2) is 11.5 Å². The van der Waals surface area contributed by atoms with Crippen LogP contribution in [0.2, 0.25) is 0 Å². The molecule has 206 valence electrons. The second-order valence-electron chi connectivity index (χ2n) is 8.64. The first-order valence-corrected chi connectivity index (χ1v) is 13.8. The van der Waals surface area contributed by atoms with E-state index in [9.17, 15) is 14.4 Å². The van der Waals surface area contributed by atoms with Crippen molar-refractivity contribution in [1.29, 1.82) is 0 Å². The molecule has 0 aromatic heterocycles. The summed E-state index contributed by atoms with van der Waals surface area (Å²) >= 11 is 4.21. The van der Waals surface area contributed by atoms with E-state index in [0.717, 1.165) is 32.3 Å². The largest absolute Gasteiger partial charge is 0.495 e. The number of anilines is 1. The lowest BCUT2D eigenvalue weighted by Gasteiger charge is -2.16. The van der Waals surface area contributed by atoms with Crippen LogP contribution in [0.15, 0.2) is 82.7 Å². The van der Waals surface area contributed by atoms with Gasteiger partial charge in [-0.1, -0.05) is 46.3 Å². The highest BCUT2D eigenvalue weighted by atomic mass is 79.9. The molecule has 0 aliphatic carbocycles. The summed E-state index contributed by atoms with van der Waals surface area (Å²) in [6.07, 6.45) is 3.86. The Balaban J connectivity index is 1.52. The average Bonchev–Trinajstić information content (AvgIpc) is 3.20. The topological polar surface area (TPSA) is 94.2 Å². The number of imide groups is 1. The molecule has 1 N–H and O–H groups in total. The Hall–Kier alpha value is -4.02. The van der Waals surface area contributed by atoms with Gasteiger partial charge in [-0.15, -0.1) is 6.58 Å². The number of hydrogen-bond donors (Lipinski definition) is 1. The molecule has 40 heavy (non-hydrogen) atoms. The first-order valence-electron chi connectivity index (χ1n) is 12.2. The van der Waals surface area contributed by atoms with E-state index in [2.05, 4.69) is 27.8 Å². The van der Waals surface area contributed by atoms with Gasteiger partial charge in [-0.3, -0.25) is 19.3 Å². The summed E-state index contributed by atoms with van der Waals surface area (Å²) in [5.41, 5.74) is 2.89. The first-order chi connectivity index (χ1) is 19.3. The van der Waals surface area contributed by atoms with Gasteiger partial charge in [-0.2, -0.15) is 0 Å². The molecule has 0 unspecified atom stereocenters. The van der Waals surface area contributed by atoms with Gasteiger partial charge in [0.2, 0.25) is 5.91 Å². The summed E-state index contributed by atoms with van der Waals surface area (Å²) in [7, 11) is 3.03. The lowest BCUT2D eigenvalue weighted by atomic mass is 10.0. The molecular weight excluding hydrogens is 596 g/mol. The number of nitrogens with one attached hydrogen (secondary N) is 1. The second-order valence-corrected chi connectivity index (χ2v) is 10.5. The van der Waals surface area contributed by atoms with Gasteiger partial charge in [0.05, 0.1) is 24.8 Å². The molecule has 1 heterocycles. The highest BCUT2D eigenvalue weighted by Gasteiger charge is 2.36. The van der Waals surface area contributed by atoms with Crippen LogP contribution in [0.3, 0.4) is 0 Å². The number of benzene rings is 3. The van der Waals surface area contributed by atoms with E-state index in [1.165, 1.54) is 14.2 Å². The molecule has 10 heteroatoms. The number of amides is 3. The number of nitrogens with zero attached hydrogens (tertiary/aromatic N) is 1. The second kappa shape index (κ2) is 13.4. The molecule has 8 nitrogen and oxygen atoms in total. The minimum Gasteiger partial charge on any atom is -0.495 e. The lowest BCUT2D eigenvalue weighted by Crippen LogP contribution is -2.36. The molecule has 1 aliphatic heterocycles.